The molecule has 0 aliphatic heterocycles. The van der Waals surface area contributed by atoms with Crippen molar-refractivity contribution in [2.45, 2.75) is 114 Å². The zero-order valence-corrected chi connectivity index (χ0v) is 45.0. The second-order valence-electron chi connectivity index (χ2n) is 19.5. The van der Waals surface area contributed by atoms with Gasteiger partial charge in [-0.05, 0) is 61.4 Å². The molecule has 30 nitrogen and oxygen atoms in total. The summed E-state index contributed by atoms with van der Waals surface area (Å²) in [6.07, 6.45) is 1.41. The topological polar surface area (TPSA) is 498 Å². The first-order chi connectivity index (χ1) is 38.9. The fourth-order valence-electron chi connectivity index (χ4n) is 8.41. The molecule has 4 rings (SSSR count). The van der Waals surface area contributed by atoms with Crippen LogP contribution in [0.2, 0.25) is 0 Å². The highest BCUT2D eigenvalue weighted by molar-refractivity contribution is 5.99. The van der Waals surface area contributed by atoms with Gasteiger partial charge in [-0.1, -0.05) is 50.2 Å². The Balaban J connectivity index is 1.45. The number of nitrogens with two attached hydrogens (primary N) is 2. The first-order valence-corrected chi connectivity index (χ1v) is 26.0. The van der Waals surface area contributed by atoms with Gasteiger partial charge in [0.1, 0.15) is 42.3 Å². The molecule has 4 aromatic rings. The first-order valence-electron chi connectivity index (χ1n) is 26.0. The molecule has 0 unspecified atom stereocenters. The van der Waals surface area contributed by atoms with Gasteiger partial charge in [-0.25, -0.2) is 4.79 Å². The molecule has 0 aliphatic carbocycles. The van der Waals surface area contributed by atoms with E-state index >= 15 is 0 Å². The van der Waals surface area contributed by atoms with Crippen LogP contribution in [0, 0.1) is 5.92 Å². The van der Waals surface area contributed by atoms with Crippen molar-refractivity contribution >= 4 is 92.9 Å². The van der Waals surface area contributed by atoms with Gasteiger partial charge in [0.25, 0.3) is 0 Å². The van der Waals surface area contributed by atoms with Gasteiger partial charge < -0.3 is 94.8 Å². The van der Waals surface area contributed by atoms with Gasteiger partial charge in [0, 0.05) is 47.0 Å². The Morgan fingerprint density at radius 1 is 0.500 bits per heavy atom. The Bertz CT molecular complexity index is 2930. The molecule has 446 valence electrons. The lowest BCUT2D eigenvalue weighted by Crippen LogP contribution is -2.60. The van der Waals surface area contributed by atoms with Crippen molar-refractivity contribution in [3.8, 4) is 0 Å². The van der Waals surface area contributed by atoms with Gasteiger partial charge in [-0.3, -0.25) is 52.7 Å². The minimum absolute atomic E-state index is 0.0659. The van der Waals surface area contributed by atoms with E-state index in [2.05, 4.69) is 57.8 Å². The summed E-state index contributed by atoms with van der Waals surface area (Å²) in [5, 5.41) is 71.1. The van der Waals surface area contributed by atoms with E-state index in [0.29, 0.717) is 28.5 Å². The number of aromatic nitrogens is 2. The second kappa shape index (κ2) is 32.3. The molecule has 0 radical (unpaired) electrons. The van der Waals surface area contributed by atoms with E-state index in [0.717, 1.165) is 10.9 Å². The van der Waals surface area contributed by atoms with E-state index in [1.165, 1.54) is 0 Å². The number of fused-ring (bicyclic) bond motifs is 2. The van der Waals surface area contributed by atoms with Gasteiger partial charge in [-0.15, -0.1) is 0 Å². The van der Waals surface area contributed by atoms with Gasteiger partial charge >= 0.3 is 17.9 Å². The number of carboxylic acids is 3. The number of nitrogens with one attached hydrogen (secondary N) is 11. The standard InChI is InChI=1S/C52H71N13O17/c1-26(2)15-35(62-48(77)36(16-27-20-55-32-11-5-3-9-29(27)32)63-49(78)37(19-44(72)73)59-41(68)22-57-45(74)31(54)18-43(70)71)47(76)65-40(25-67)51(80)61-34(13-7-8-14-53)46(75)58-23-42(69)60-39(24-66)50(79)64-38(52(81)82)17-28-21-56-33-12-6-4-10-30(28)33/h3-6,9-12,20-21,26,31,34-40,55-56,66-67H,7-8,13-19,22-25,53-54H2,1-2H3,(H,57,74)(H,58,75)(H,59,68)(H,60,69)(H,61,80)(H,62,77)(H,63,78)(H,64,79)(H,65,76)(H,70,71)(H,72,73)(H,81,82)/t31-,34-,35-,36-,37-,38-,39-,40-/m0/s1. The van der Waals surface area contributed by atoms with E-state index in [-0.39, 0.29) is 44.6 Å². The van der Waals surface area contributed by atoms with Crippen molar-refractivity contribution in [3.63, 3.8) is 0 Å². The molecule has 8 atom stereocenters. The predicted octanol–water partition coefficient (Wildman–Crippen LogP) is -4.42. The number of carboxylic acid groups (broad SMARTS) is 3. The van der Waals surface area contributed by atoms with Crippen LogP contribution in [-0.2, 0) is 70.4 Å². The fourth-order valence-corrected chi connectivity index (χ4v) is 8.41. The first kappa shape index (κ1) is 65.5. The Kier molecular flexibility index (Phi) is 25.8. The SMILES string of the molecule is CC(C)C[C@H](NC(=O)[C@H](Cc1c[nH]c2ccccc12)NC(=O)[C@H](CC(=O)O)NC(=O)CNC(=O)[C@@H](N)CC(=O)O)C(=O)N[C@@H](CO)C(=O)N[C@@H](CCCCN)C(=O)NCC(=O)N[C@@H](CO)C(=O)N[C@@H](Cc1c[nH]c2ccccc12)C(=O)O. The summed E-state index contributed by atoms with van der Waals surface area (Å²) in [5.74, 6) is -14.0. The van der Waals surface area contributed by atoms with E-state index in [1.54, 1.807) is 74.8 Å². The molecule has 0 spiro atoms. The van der Waals surface area contributed by atoms with Crippen LogP contribution in [0.25, 0.3) is 21.8 Å². The smallest absolute Gasteiger partial charge is 0.326 e. The highest BCUT2D eigenvalue weighted by Gasteiger charge is 2.35. The summed E-state index contributed by atoms with van der Waals surface area (Å²) in [7, 11) is 0. The van der Waals surface area contributed by atoms with Crippen molar-refractivity contribution in [2.75, 3.05) is 32.8 Å². The summed E-state index contributed by atoms with van der Waals surface area (Å²) in [4.78, 5) is 162. The van der Waals surface area contributed by atoms with Crippen LogP contribution in [0.4, 0.5) is 0 Å². The normalized spacial score (nSPS) is 14.1. The van der Waals surface area contributed by atoms with Crippen LogP contribution < -0.4 is 59.3 Å². The monoisotopic (exact) mass is 1150 g/mol. The summed E-state index contributed by atoms with van der Waals surface area (Å²) in [6, 6.07) is 1.21. The third-order valence-electron chi connectivity index (χ3n) is 12.6. The van der Waals surface area contributed by atoms with E-state index in [1.807, 2.05) is 0 Å². The maximum absolute atomic E-state index is 14.3. The molecule has 0 fully saturated rings. The van der Waals surface area contributed by atoms with Crippen molar-refractivity contribution in [3.05, 3.63) is 72.1 Å². The Hall–Kier alpha value is -9.00. The van der Waals surface area contributed by atoms with Crippen LogP contribution >= 0.6 is 0 Å². The number of rotatable bonds is 35. The molecule has 0 aliphatic rings. The predicted molar refractivity (Wildman–Crippen MR) is 290 cm³/mol. The zero-order valence-electron chi connectivity index (χ0n) is 45.0. The van der Waals surface area contributed by atoms with Crippen molar-refractivity contribution < 1.29 is 83.1 Å². The quantitative estimate of drug-likeness (QED) is 0.0193. The lowest BCUT2D eigenvalue weighted by Gasteiger charge is -2.27. The Morgan fingerprint density at radius 2 is 0.927 bits per heavy atom. The lowest BCUT2D eigenvalue weighted by molar-refractivity contribution is -0.142. The molecular formula is C52H71N13O17. The summed E-state index contributed by atoms with van der Waals surface area (Å²) < 4.78 is 0. The number of aliphatic hydroxyl groups is 2. The summed E-state index contributed by atoms with van der Waals surface area (Å²) in [5.41, 5.74) is 13.6. The number of carbonyl (C=O) groups excluding carboxylic acids is 9. The maximum atomic E-state index is 14.3. The molecule has 2 heterocycles. The van der Waals surface area contributed by atoms with Gasteiger partial charge in [0.15, 0.2) is 0 Å². The number of aliphatic carboxylic acids is 3. The molecule has 30 heteroatoms. The van der Waals surface area contributed by atoms with Crippen molar-refractivity contribution in [1.29, 1.82) is 0 Å². The number of amides is 9. The average Bonchev–Trinajstić information content (AvgIpc) is 4.20. The maximum Gasteiger partial charge on any atom is 0.326 e. The summed E-state index contributed by atoms with van der Waals surface area (Å²) in [6.45, 7) is -0.0626. The van der Waals surface area contributed by atoms with Crippen molar-refractivity contribution in [1.82, 2.24) is 57.8 Å². The molecule has 0 saturated heterocycles. The molecule has 20 N–H and O–H groups in total. The largest absolute Gasteiger partial charge is 0.481 e. The Labute approximate surface area is 468 Å². The van der Waals surface area contributed by atoms with E-state index in [9.17, 15) is 78.0 Å². The number of aliphatic hydroxyl groups excluding tert-OH is 2. The minimum Gasteiger partial charge on any atom is -0.481 e. The zero-order chi connectivity index (χ0) is 60.6. The number of unbranched alkanes of at least 4 members (excludes halogenated alkanes) is 1. The van der Waals surface area contributed by atoms with Crippen LogP contribution in [0.3, 0.4) is 0 Å². The summed E-state index contributed by atoms with van der Waals surface area (Å²) >= 11 is 0. The molecule has 9 amide bonds. The number of H-pyrrole nitrogens is 2. The average molecular weight is 1150 g/mol. The molecule has 2 aromatic carbocycles. The fraction of sp³-hybridized carbons (Fsp3) is 0.462. The number of carbonyl (C=O) groups is 12. The van der Waals surface area contributed by atoms with Gasteiger partial charge in [0.2, 0.25) is 53.2 Å². The third-order valence-corrected chi connectivity index (χ3v) is 12.6. The minimum atomic E-state index is -1.86. The van der Waals surface area contributed by atoms with Crippen LogP contribution in [0.15, 0.2) is 60.9 Å². The van der Waals surface area contributed by atoms with Crippen LogP contribution in [0.5, 0.6) is 0 Å². The Morgan fingerprint density at radius 3 is 1.44 bits per heavy atom. The number of hydrogen-bond donors (Lipinski definition) is 18. The van der Waals surface area contributed by atoms with Gasteiger partial charge in [-0.2, -0.15) is 0 Å². The molecule has 82 heavy (non-hydrogen) atoms. The third kappa shape index (κ3) is 20.6. The highest BCUT2D eigenvalue weighted by Crippen LogP contribution is 2.21. The number of benzene rings is 2. The van der Waals surface area contributed by atoms with Crippen LogP contribution in [-0.4, -0.2) is 188 Å². The van der Waals surface area contributed by atoms with Crippen LogP contribution in [0.1, 0.15) is 63.5 Å². The number of aromatic amines is 2. The van der Waals surface area contributed by atoms with E-state index < -0.39 is 159 Å². The number of hydrogen-bond acceptors (Lipinski definition) is 16. The van der Waals surface area contributed by atoms with Gasteiger partial charge in [0.05, 0.1) is 45.2 Å². The second-order valence-corrected chi connectivity index (χ2v) is 19.5. The number of para-hydroxylation sites is 2. The molecule has 0 bridgehead atoms. The molecular weight excluding hydrogens is 1080 g/mol. The van der Waals surface area contributed by atoms with Crippen molar-refractivity contribution in [2.24, 2.45) is 17.4 Å². The lowest BCUT2D eigenvalue weighted by atomic mass is 10.00. The molecule has 0 saturated carbocycles. The van der Waals surface area contributed by atoms with E-state index in [4.69, 9.17) is 16.6 Å². The molecule has 2 aromatic heterocycles. The highest BCUT2D eigenvalue weighted by atomic mass is 16.4.